The topological polar surface area (TPSA) is 53.5 Å². The molecule has 0 fully saturated rings. The molecule has 2 aromatic carbocycles. The SMILES string of the molecule is Cc1cccc(C)c1NCCNCCOc1ccccc1CO. The number of nitrogens with one attached hydrogen (secondary N) is 2. The van der Waals surface area contributed by atoms with E-state index in [4.69, 9.17) is 4.74 Å². The Hall–Kier alpha value is -2.04. The zero-order valence-electron chi connectivity index (χ0n) is 13.9. The minimum absolute atomic E-state index is 0.00327. The summed E-state index contributed by atoms with van der Waals surface area (Å²) in [5, 5.41) is 16.1. The molecule has 0 aliphatic rings. The third-order valence-electron chi connectivity index (χ3n) is 3.76. The molecule has 0 bridgehead atoms. The Morgan fingerprint density at radius 1 is 0.913 bits per heavy atom. The van der Waals surface area contributed by atoms with Gasteiger partial charge in [0.05, 0.1) is 6.61 Å². The number of rotatable bonds is 9. The maximum absolute atomic E-state index is 9.24. The molecule has 3 N–H and O–H groups in total. The summed E-state index contributed by atoms with van der Waals surface area (Å²) in [6.45, 7) is 7.35. The first-order chi connectivity index (χ1) is 11.2. The van der Waals surface area contributed by atoms with E-state index in [9.17, 15) is 5.11 Å². The summed E-state index contributed by atoms with van der Waals surface area (Å²) in [7, 11) is 0. The smallest absolute Gasteiger partial charge is 0.124 e. The highest BCUT2D eigenvalue weighted by Crippen LogP contribution is 2.19. The third kappa shape index (κ3) is 5.27. The Labute approximate surface area is 138 Å². The van der Waals surface area contributed by atoms with Crippen LogP contribution in [-0.2, 0) is 6.61 Å². The molecule has 0 saturated carbocycles. The standard InChI is InChI=1S/C19H26N2O2/c1-15-6-5-7-16(2)19(15)21-11-10-20-12-13-23-18-9-4-3-8-17(18)14-22/h3-9,20-22H,10-14H2,1-2H3. The Morgan fingerprint density at radius 2 is 1.65 bits per heavy atom. The number of para-hydroxylation sites is 2. The lowest BCUT2D eigenvalue weighted by atomic mass is 10.1. The maximum Gasteiger partial charge on any atom is 0.124 e. The van der Waals surface area contributed by atoms with Crippen molar-refractivity contribution < 1.29 is 9.84 Å². The van der Waals surface area contributed by atoms with Gasteiger partial charge in [0.15, 0.2) is 0 Å². The van der Waals surface area contributed by atoms with E-state index in [0.717, 1.165) is 30.9 Å². The molecule has 124 valence electrons. The summed E-state index contributed by atoms with van der Waals surface area (Å²) in [5.74, 6) is 0.755. The van der Waals surface area contributed by atoms with Gasteiger partial charge in [-0.05, 0) is 31.0 Å². The Morgan fingerprint density at radius 3 is 2.39 bits per heavy atom. The molecule has 23 heavy (non-hydrogen) atoms. The van der Waals surface area contributed by atoms with Crippen LogP contribution in [0.3, 0.4) is 0 Å². The number of ether oxygens (including phenoxy) is 1. The van der Waals surface area contributed by atoms with E-state index in [2.05, 4.69) is 42.7 Å². The van der Waals surface area contributed by atoms with Crippen molar-refractivity contribution in [3.8, 4) is 5.75 Å². The molecule has 0 aromatic heterocycles. The molecular weight excluding hydrogens is 288 g/mol. The van der Waals surface area contributed by atoms with Gasteiger partial charge >= 0.3 is 0 Å². The summed E-state index contributed by atoms with van der Waals surface area (Å²) in [4.78, 5) is 0. The van der Waals surface area contributed by atoms with Crippen molar-refractivity contribution in [1.29, 1.82) is 0 Å². The van der Waals surface area contributed by atoms with Gasteiger partial charge in [-0.2, -0.15) is 0 Å². The molecule has 2 aromatic rings. The van der Waals surface area contributed by atoms with Gasteiger partial charge in [0.25, 0.3) is 0 Å². The summed E-state index contributed by atoms with van der Waals surface area (Å²) in [6.07, 6.45) is 0. The zero-order valence-corrected chi connectivity index (χ0v) is 13.9. The van der Waals surface area contributed by atoms with Crippen molar-refractivity contribution in [3.63, 3.8) is 0 Å². The number of aryl methyl sites for hydroxylation is 2. The number of anilines is 1. The van der Waals surface area contributed by atoms with E-state index in [1.807, 2.05) is 24.3 Å². The Kier molecular flexibility index (Phi) is 6.91. The second kappa shape index (κ2) is 9.18. The van der Waals surface area contributed by atoms with E-state index in [0.29, 0.717) is 6.61 Å². The van der Waals surface area contributed by atoms with E-state index in [-0.39, 0.29) is 6.61 Å². The average molecular weight is 314 g/mol. The molecule has 4 nitrogen and oxygen atoms in total. The van der Waals surface area contributed by atoms with Gasteiger partial charge in [0, 0.05) is 30.9 Å². The van der Waals surface area contributed by atoms with Gasteiger partial charge in [0.2, 0.25) is 0 Å². The van der Waals surface area contributed by atoms with Crippen LogP contribution in [0.2, 0.25) is 0 Å². The van der Waals surface area contributed by atoms with Crippen LogP contribution >= 0.6 is 0 Å². The van der Waals surface area contributed by atoms with Crippen LogP contribution in [0.15, 0.2) is 42.5 Å². The fraction of sp³-hybridized carbons (Fsp3) is 0.368. The summed E-state index contributed by atoms with van der Waals surface area (Å²) in [6, 6.07) is 13.9. The van der Waals surface area contributed by atoms with E-state index < -0.39 is 0 Å². The summed E-state index contributed by atoms with van der Waals surface area (Å²) >= 11 is 0. The van der Waals surface area contributed by atoms with Crippen LogP contribution in [0, 0.1) is 13.8 Å². The van der Waals surface area contributed by atoms with Crippen molar-refractivity contribution in [2.24, 2.45) is 0 Å². The van der Waals surface area contributed by atoms with E-state index in [1.165, 1.54) is 16.8 Å². The minimum Gasteiger partial charge on any atom is -0.492 e. The van der Waals surface area contributed by atoms with Crippen molar-refractivity contribution in [2.75, 3.05) is 31.6 Å². The number of benzene rings is 2. The minimum atomic E-state index is 0.00327. The molecule has 0 aliphatic carbocycles. The predicted octanol–water partition coefficient (Wildman–Crippen LogP) is 2.88. The highest BCUT2D eigenvalue weighted by molar-refractivity contribution is 5.56. The number of aliphatic hydroxyl groups is 1. The monoisotopic (exact) mass is 314 g/mol. The third-order valence-corrected chi connectivity index (χ3v) is 3.76. The second-order valence-corrected chi connectivity index (χ2v) is 5.56. The summed E-state index contributed by atoms with van der Waals surface area (Å²) < 4.78 is 5.69. The van der Waals surface area contributed by atoms with Crippen LogP contribution in [-0.4, -0.2) is 31.3 Å². The quantitative estimate of drug-likeness (QED) is 0.623. The molecule has 0 saturated heterocycles. The molecule has 2 rings (SSSR count). The number of aliphatic hydroxyl groups excluding tert-OH is 1. The van der Waals surface area contributed by atoms with Gasteiger partial charge in [-0.15, -0.1) is 0 Å². The lowest BCUT2D eigenvalue weighted by Crippen LogP contribution is -2.27. The Bertz CT molecular complexity index is 594. The molecular formula is C19H26N2O2. The first-order valence-electron chi connectivity index (χ1n) is 8.04. The fourth-order valence-electron chi connectivity index (χ4n) is 2.50. The van der Waals surface area contributed by atoms with Gasteiger partial charge in [-0.25, -0.2) is 0 Å². The zero-order chi connectivity index (χ0) is 16.5. The van der Waals surface area contributed by atoms with E-state index in [1.54, 1.807) is 0 Å². The lowest BCUT2D eigenvalue weighted by Gasteiger charge is -2.13. The average Bonchev–Trinajstić information content (AvgIpc) is 2.56. The fourth-order valence-corrected chi connectivity index (χ4v) is 2.50. The normalized spacial score (nSPS) is 10.6. The molecule has 0 atom stereocenters. The van der Waals surface area contributed by atoms with Crippen LogP contribution in [0.1, 0.15) is 16.7 Å². The van der Waals surface area contributed by atoms with Crippen molar-refractivity contribution >= 4 is 5.69 Å². The number of hydrogen-bond donors (Lipinski definition) is 3. The molecule has 0 unspecified atom stereocenters. The van der Waals surface area contributed by atoms with Gasteiger partial charge < -0.3 is 20.5 Å². The second-order valence-electron chi connectivity index (χ2n) is 5.56. The highest BCUT2D eigenvalue weighted by atomic mass is 16.5. The van der Waals surface area contributed by atoms with Gasteiger partial charge in [-0.3, -0.25) is 0 Å². The molecule has 0 radical (unpaired) electrons. The Balaban J connectivity index is 1.63. The molecule has 0 heterocycles. The molecule has 0 amide bonds. The van der Waals surface area contributed by atoms with Gasteiger partial charge in [0.1, 0.15) is 12.4 Å². The molecule has 0 aliphatic heterocycles. The maximum atomic E-state index is 9.24. The lowest BCUT2D eigenvalue weighted by molar-refractivity contribution is 0.262. The van der Waals surface area contributed by atoms with Crippen LogP contribution in [0.4, 0.5) is 5.69 Å². The highest BCUT2D eigenvalue weighted by Gasteiger charge is 2.02. The first kappa shape index (κ1) is 17.3. The number of hydrogen-bond acceptors (Lipinski definition) is 4. The van der Waals surface area contributed by atoms with Gasteiger partial charge in [-0.1, -0.05) is 36.4 Å². The van der Waals surface area contributed by atoms with E-state index >= 15 is 0 Å². The molecule has 0 spiro atoms. The van der Waals surface area contributed by atoms with Crippen LogP contribution < -0.4 is 15.4 Å². The molecule has 4 heteroatoms. The van der Waals surface area contributed by atoms with Crippen molar-refractivity contribution in [3.05, 3.63) is 59.2 Å². The predicted molar refractivity (Wildman–Crippen MR) is 95.1 cm³/mol. The largest absolute Gasteiger partial charge is 0.492 e. The van der Waals surface area contributed by atoms with Crippen molar-refractivity contribution in [1.82, 2.24) is 5.32 Å². The van der Waals surface area contributed by atoms with Crippen molar-refractivity contribution in [2.45, 2.75) is 20.5 Å². The van der Waals surface area contributed by atoms with Crippen LogP contribution in [0.5, 0.6) is 5.75 Å². The first-order valence-corrected chi connectivity index (χ1v) is 8.04. The summed E-state index contributed by atoms with van der Waals surface area (Å²) in [5.41, 5.74) is 4.59. The van der Waals surface area contributed by atoms with Crippen LogP contribution in [0.25, 0.3) is 0 Å².